The van der Waals surface area contributed by atoms with Gasteiger partial charge in [0.05, 0.1) is 19.4 Å². The van der Waals surface area contributed by atoms with E-state index in [0.717, 1.165) is 31.7 Å². The third-order valence-corrected chi connectivity index (χ3v) is 4.32. The minimum absolute atomic E-state index is 0.00505. The number of hydrogen-bond donors (Lipinski definition) is 1. The van der Waals surface area contributed by atoms with E-state index in [9.17, 15) is 9.18 Å². The third kappa shape index (κ3) is 3.59. The predicted octanol–water partition coefficient (Wildman–Crippen LogP) is 2.99. The standard InChI is InChI=1S/C18H21FN2O3/c1-23-16-7-6-13(11-14(16)19)18(22)20-12-15(17-5-4-10-24-17)21-8-2-3-9-21/h4-7,10-11,15H,2-3,8-9,12H2,1H3,(H,20,22). The zero-order valence-electron chi connectivity index (χ0n) is 13.6. The summed E-state index contributed by atoms with van der Waals surface area (Å²) in [7, 11) is 1.39. The van der Waals surface area contributed by atoms with E-state index in [1.165, 1.54) is 19.2 Å². The first-order chi connectivity index (χ1) is 11.7. The maximum Gasteiger partial charge on any atom is 0.251 e. The van der Waals surface area contributed by atoms with Crippen molar-refractivity contribution in [3.63, 3.8) is 0 Å². The molecule has 1 aliphatic rings. The Kier molecular flexibility index (Phi) is 5.15. The van der Waals surface area contributed by atoms with Crippen LogP contribution < -0.4 is 10.1 Å². The molecule has 6 heteroatoms. The molecule has 1 atom stereocenters. The molecule has 3 rings (SSSR count). The summed E-state index contributed by atoms with van der Waals surface area (Å²) in [6.45, 7) is 2.39. The number of rotatable bonds is 6. The van der Waals surface area contributed by atoms with Gasteiger partial charge in [-0.2, -0.15) is 0 Å². The van der Waals surface area contributed by atoms with Crippen LogP contribution in [-0.2, 0) is 0 Å². The predicted molar refractivity (Wildman–Crippen MR) is 87.5 cm³/mol. The minimum Gasteiger partial charge on any atom is -0.494 e. The van der Waals surface area contributed by atoms with Crippen molar-refractivity contribution < 1.29 is 18.3 Å². The largest absolute Gasteiger partial charge is 0.494 e. The molecule has 1 unspecified atom stereocenters. The summed E-state index contributed by atoms with van der Waals surface area (Å²) < 4.78 is 24.1. The second kappa shape index (κ2) is 7.49. The molecule has 2 heterocycles. The van der Waals surface area contributed by atoms with Crippen LogP contribution in [0.5, 0.6) is 5.75 Å². The molecule has 1 aliphatic heterocycles. The number of methoxy groups -OCH3 is 1. The molecule has 1 saturated heterocycles. The first-order valence-electron chi connectivity index (χ1n) is 8.08. The number of hydrogen-bond acceptors (Lipinski definition) is 4. The lowest BCUT2D eigenvalue weighted by Crippen LogP contribution is -2.36. The number of likely N-dealkylation sites (tertiary alicyclic amines) is 1. The van der Waals surface area contributed by atoms with Crippen molar-refractivity contribution in [1.82, 2.24) is 10.2 Å². The highest BCUT2D eigenvalue weighted by molar-refractivity contribution is 5.94. The van der Waals surface area contributed by atoms with Crippen LogP contribution in [0.15, 0.2) is 41.0 Å². The van der Waals surface area contributed by atoms with E-state index in [4.69, 9.17) is 9.15 Å². The maximum absolute atomic E-state index is 13.8. The number of amides is 1. The van der Waals surface area contributed by atoms with Crippen LogP contribution in [-0.4, -0.2) is 37.6 Å². The van der Waals surface area contributed by atoms with Gasteiger partial charge in [-0.1, -0.05) is 0 Å². The normalized spacial score (nSPS) is 16.1. The number of nitrogens with zero attached hydrogens (tertiary/aromatic N) is 1. The second-order valence-electron chi connectivity index (χ2n) is 5.83. The van der Waals surface area contributed by atoms with Gasteiger partial charge in [0.25, 0.3) is 5.91 Å². The second-order valence-corrected chi connectivity index (χ2v) is 5.83. The molecule has 1 fully saturated rings. The van der Waals surface area contributed by atoms with E-state index in [0.29, 0.717) is 6.54 Å². The molecule has 2 aromatic rings. The summed E-state index contributed by atoms with van der Waals surface area (Å²) in [6, 6.07) is 7.95. The molecular formula is C18H21FN2O3. The molecular weight excluding hydrogens is 311 g/mol. The molecule has 0 spiro atoms. The summed E-state index contributed by atoms with van der Waals surface area (Å²) >= 11 is 0. The number of carbonyl (C=O) groups excluding carboxylic acids is 1. The first kappa shape index (κ1) is 16.5. The van der Waals surface area contributed by atoms with Gasteiger partial charge in [-0.25, -0.2) is 4.39 Å². The Morgan fingerprint density at radius 2 is 2.17 bits per heavy atom. The Bertz CT molecular complexity index is 682. The molecule has 24 heavy (non-hydrogen) atoms. The van der Waals surface area contributed by atoms with E-state index >= 15 is 0 Å². The van der Waals surface area contributed by atoms with Gasteiger partial charge in [0.15, 0.2) is 11.6 Å². The average molecular weight is 332 g/mol. The highest BCUT2D eigenvalue weighted by Gasteiger charge is 2.26. The Morgan fingerprint density at radius 1 is 1.38 bits per heavy atom. The lowest BCUT2D eigenvalue weighted by Gasteiger charge is -2.26. The van der Waals surface area contributed by atoms with Crippen LogP contribution in [0.2, 0.25) is 0 Å². The summed E-state index contributed by atoms with van der Waals surface area (Å²) in [5.74, 6) is 0.0924. The lowest BCUT2D eigenvalue weighted by atomic mass is 10.1. The van der Waals surface area contributed by atoms with Crippen LogP contribution in [0.3, 0.4) is 0 Å². The smallest absolute Gasteiger partial charge is 0.251 e. The number of furan rings is 1. The SMILES string of the molecule is COc1ccc(C(=O)NCC(c2ccco2)N2CCCC2)cc1F. The van der Waals surface area contributed by atoms with Crippen LogP contribution in [0, 0.1) is 5.82 Å². The monoisotopic (exact) mass is 332 g/mol. The van der Waals surface area contributed by atoms with E-state index in [2.05, 4.69) is 10.2 Å². The van der Waals surface area contributed by atoms with Crippen molar-refractivity contribution in [2.45, 2.75) is 18.9 Å². The van der Waals surface area contributed by atoms with Crippen LogP contribution in [0.1, 0.15) is 35.0 Å². The Hall–Kier alpha value is -2.34. The summed E-state index contributed by atoms with van der Waals surface area (Å²) in [5, 5.41) is 2.88. The molecule has 0 saturated carbocycles. The topological polar surface area (TPSA) is 54.7 Å². The zero-order valence-corrected chi connectivity index (χ0v) is 13.6. The summed E-state index contributed by atoms with van der Waals surface area (Å²) in [6.07, 6.45) is 3.93. The molecule has 1 aromatic carbocycles. The molecule has 0 radical (unpaired) electrons. The minimum atomic E-state index is -0.549. The summed E-state index contributed by atoms with van der Waals surface area (Å²) in [4.78, 5) is 14.6. The lowest BCUT2D eigenvalue weighted by molar-refractivity contribution is 0.0933. The number of halogens is 1. The molecule has 128 valence electrons. The molecule has 5 nitrogen and oxygen atoms in total. The Morgan fingerprint density at radius 3 is 2.79 bits per heavy atom. The van der Waals surface area contributed by atoms with Crippen molar-refractivity contribution in [2.75, 3.05) is 26.7 Å². The van der Waals surface area contributed by atoms with Crippen molar-refractivity contribution in [2.24, 2.45) is 0 Å². The average Bonchev–Trinajstić information content (AvgIpc) is 3.29. The van der Waals surface area contributed by atoms with E-state index in [1.54, 1.807) is 12.3 Å². The van der Waals surface area contributed by atoms with E-state index < -0.39 is 5.82 Å². The molecule has 0 aliphatic carbocycles. The van der Waals surface area contributed by atoms with Gasteiger partial charge in [0.2, 0.25) is 0 Å². The zero-order chi connectivity index (χ0) is 16.9. The van der Waals surface area contributed by atoms with Gasteiger partial charge in [-0.05, 0) is 56.3 Å². The van der Waals surface area contributed by atoms with E-state index in [-0.39, 0.29) is 23.3 Å². The van der Waals surface area contributed by atoms with Gasteiger partial charge >= 0.3 is 0 Å². The Balaban J connectivity index is 1.67. The fourth-order valence-electron chi connectivity index (χ4n) is 3.04. The van der Waals surface area contributed by atoms with Crippen molar-refractivity contribution in [3.05, 3.63) is 53.7 Å². The molecule has 1 amide bonds. The number of ether oxygens (including phenoxy) is 1. The van der Waals surface area contributed by atoms with Gasteiger partial charge < -0.3 is 14.5 Å². The maximum atomic E-state index is 13.8. The number of carbonyl (C=O) groups is 1. The molecule has 0 bridgehead atoms. The molecule has 1 N–H and O–H groups in total. The fraction of sp³-hybridized carbons (Fsp3) is 0.389. The number of nitrogens with one attached hydrogen (secondary N) is 1. The van der Waals surface area contributed by atoms with Crippen molar-refractivity contribution in [3.8, 4) is 5.75 Å². The summed E-state index contributed by atoms with van der Waals surface area (Å²) in [5.41, 5.74) is 0.271. The van der Waals surface area contributed by atoms with Crippen LogP contribution in [0.4, 0.5) is 4.39 Å². The van der Waals surface area contributed by atoms with Crippen LogP contribution >= 0.6 is 0 Å². The van der Waals surface area contributed by atoms with Crippen molar-refractivity contribution in [1.29, 1.82) is 0 Å². The highest BCUT2D eigenvalue weighted by atomic mass is 19.1. The third-order valence-electron chi connectivity index (χ3n) is 4.32. The Labute approximate surface area is 140 Å². The van der Waals surface area contributed by atoms with Gasteiger partial charge in [0.1, 0.15) is 5.76 Å². The quantitative estimate of drug-likeness (QED) is 0.883. The fourth-order valence-corrected chi connectivity index (χ4v) is 3.04. The van der Waals surface area contributed by atoms with E-state index in [1.807, 2.05) is 12.1 Å². The van der Waals surface area contributed by atoms with Gasteiger partial charge in [-0.3, -0.25) is 9.69 Å². The molecule has 1 aromatic heterocycles. The van der Waals surface area contributed by atoms with Crippen molar-refractivity contribution >= 4 is 5.91 Å². The van der Waals surface area contributed by atoms with Gasteiger partial charge in [0, 0.05) is 12.1 Å². The van der Waals surface area contributed by atoms with Crippen LogP contribution in [0.25, 0.3) is 0 Å². The highest BCUT2D eigenvalue weighted by Crippen LogP contribution is 2.25. The number of benzene rings is 1. The first-order valence-corrected chi connectivity index (χ1v) is 8.08. The van der Waals surface area contributed by atoms with Gasteiger partial charge in [-0.15, -0.1) is 0 Å².